The number of nitrogens with zero attached hydrogens (tertiary/aromatic N) is 10. The van der Waals surface area contributed by atoms with Gasteiger partial charge in [-0.3, -0.25) is 9.59 Å². The average Bonchev–Trinajstić information content (AvgIpc) is 4.04. The number of pyridine rings is 2. The first-order valence-electron chi connectivity index (χ1n) is 19.2. The van der Waals surface area contributed by atoms with Gasteiger partial charge in [0.1, 0.15) is 34.0 Å². The predicted octanol–water partition coefficient (Wildman–Crippen LogP) is 6.48. The molecule has 0 unspecified atom stereocenters. The van der Waals surface area contributed by atoms with Crippen LogP contribution >= 0.6 is 22.7 Å². The number of thiophene rings is 2. The van der Waals surface area contributed by atoms with Crippen molar-refractivity contribution in [1.29, 1.82) is 0 Å². The van der Waals surface area contributed by atoms with Gasteiger partial charge >= 0.3 is 5.97 Å². The number of aromatic nitrogens is 8. The number of hydrogen-bond donors (Lipinski definition) is 3. The van der Waals surface area contributed by atoms with Crippen LogP contribution in [-0.2, 0) is 35.3 Å². The number of carboxylic acids is 1. The van der Waals surface area contributed by atoms with Gasteiger partial charge in [-0.05, 0) is 100 Å². The van der Waals surface area contributed by atoms with E-state index in [-0.39, 0.29) is 17.7 Å². The van der Waals surface area contributed by atoms with Gasteiger partial charge in [-0.2, -0.15) is 10.2 Å². The lowest BCUT2D eigenvalue weighted by Crippen LogP contribution is -2.39. The number of fused-ring (bicyclic) bond motifs is 8. The molecule has 0 aliphatic heterocycles. The molecule has 8 aromatic rings. The van der Waals surface area contributed by atoms with Crippen molar-refractivity contribution in [3.05, 3.63) is 94.7 Å². The third-order valence-corrected chi connectivity index (χ3v) is 13.3. The highest BCUT2D eigenvalue weighted by Gasteiger charge is 2.31. The molecule has 0 fully saturated rings. The van der Waals surface area contributed by atoms with Crippen LogP contribution < -0.4 is 10.6 Å². The first-order valence-corrected chi connectivity index (χ1v) is 20.9. The van der Waals surface area contributed by atoms with Crippen molar-refractivity contribution < 1.29 is 14.7 Å². The number of nitrogens with one attached hydrogen (secondary N) is 2. The molecule has 2 aliphatic rings. The Hall–Kier alpha value is -6.04. The highest BCUT2D eigenvalue weighted by Crippen LogP contribution is 2.42. The summed E-state index contributed by atoms with van der Waals surface area (Å²) in [6.45, 7) is 1.63. The van der Waals surface area contributed by atoms with Crippen molar-refractivity contribution >= 4 is 89.0 Å². The number of likely N-dealkylation sites (N-methyl/N-ethyl adjacent to an activating group) is 2. The summed E-state index contributed by atoms with van der Waals surface area (Å²) in [5.41, 5.74) is 6.39. The average molecular weight is 815 g/mol. The largest absolute Gasteiger partial charge is 0.481 e. The first kappa shape index (κ1) is 37.5. The summed E-state index contributed by atoms with van der Waals surface area (Å²) in [4.78, 5) is 50.5. The molecule has 8 heterocycles. The maximum absolute atomic E-state index is 13.0. The fourth-order valence-corrected chi connectivity index (χ4v) is 10.4. The minimum absolute atomic E-state index is 0.0383. The molecule has 0 aromatic carbocycles. The maximum Gasteiger partial charge on any atom is 0.306 e. The normalized spacial score (nSPS) is 16.3. The lowest BCUT2D eigenvalue weighted by molar-refractivity contribution is -0.142. The van der Waals surface area contributed by atoms with Gasteiger partial charge in [0.15, 0.2) is 0 Å². The number of rotatable bonds is 9. The van der Waals surface area contributed by atoms with E-state index in [2.05, 4.69) is 51.7 Å². The number of hydrogen-bond acceptors (Lipinski definition) is 13. The van der Waals surface area contributed by atoms with Gasteiger partial charge in [0.2, 0.25) is 5.91 Å². The summed E-state index contributed by atoms with van der Waals surface area (Å²) in [6, 6.07) is 11.9. The Morgan fingerprint density at radius 1 is 0.741 bits per heavy atom. The molecular formula is C41H42N12O3S2. The van der Waals surface area contributed by atoms with Crippen LogP contribution in [0.25, 0.3) is 31.5 Å². The van der Waals surface area contributed by atoms with Crippen LogP contribution in [0.15, 0.2) is 73.8 Å². The quantitative estimate of drug-likeness (QED) is 0.145. The van der Waals surface area contributed by atoms with Gasteiger partial charge in [0.25, 0.3) is 0 Å². The monoisotopic (exact) mass is 814 g/mol. The van der Waals surface area contributed by atoms with E-state index in [9.17, 15) is 14.7 Å². The van der Waals surface area contributed by atoms with E-state index in [1.807, 2.05) is 73.3 Å². The summed E-state index contributed by atoms with van der Waals surface area (Å²) in [7, 11) is 5.97. The second-order valence-corrected chi connectivity index (χ2v) is 17.2. The number of carbonyl (C=O) groups excluding carboxylic acids is 1. The van der Waals surface area contributed by atoms with Crippen molar-refractivity contribution in [2.24, 2.45) is 11.8 Å². The zero-order valence-electron chi connectivity index (χ0n) is 32.3. The standard InChI is InChI=1S/C23H27N7OS.C18H15N5O2S/c1-28(2)10-11-29(3)23(31)15-4-5-18-19(12-15)32-22-20(18)21(24-14-25-22)27-16-7-9-30-17(13-16)6-8-26-30;24-18(25)10-1-2-13-14(7-10)26-17-15(13)16(19-9-20-17)22-11-4-6-23-12(8-11)3-5-21-23/h6-9,13-15H,4-5,10-12H2,1-3H3,(H,24,25,27);3-6,8-10H,1-2,7H2,(H,24,25)(H,19,20,22)/t15-;10-/m00/s1. The predicted molar refractivity (Wildman–Crippen MR) is 227 cm³/mol. The Morgan fingerprint density at radius 3 is 1.78 bits per heavy atom. The third kappa shape index (κ3) is 7.43. The van der Waals surface area contributed by atoms with Crippen LogP contribution in [0.3, 0.4) is 0 Å². The van der Waals surface area contributed by atoms with Gasteiger partial charge in [0, 0.05) is 72.0 Å². The molecule has 3 N–H and O–H groups in total. The van der Waals surface area contributed by atoms with Crippen LogP contribution in [0.5, 0.6) is 0 Å². The van der Waals surface area contributed by atoms with Crippen molar-refractivity contribution in [3.63, 3.8) is 0 Å². The Balaban J connectivity index is 0.000000153. The number of anilines is 4. The van der Waals surface area contributed by atoms with Crippen LogP contribution in [0, 0.1) is 11.8 Å². The summed E-state index contributed by atoms with van der Waals surface area (Å²) in [5, 5.41) is 26.8. The molecule has 8 aromatic heterocycles. The molecule has 15 nitrogen and oxygen atoms in total. The number of aryl methyl sites for hydroxylation is 2. The summed E-state index contributed by atoms with van der Waals surface area (Å²) in [5.74, 6) is 0.857. The highest BCUT2D eigenvalue weighted by atomic mass is 32.1. The molecular weight excluding hydrogens is 773 g/mol. The van der Waals surface area contributed by atoms with Crippen molar-refractivity contribution in [3.8, 4) is 0 Å². The second kappa shape index (κ2) is 15.7. The van der Waals surface area contributed by atoms with E-state index < -0.39 is 5.97 Å². The molecule has 0 radical (unpaired) electrons. The van der Waals surface area contributed by atoms with Gasteiger partial charge in [-0.1, -0.05) is 0 Å². The van der Waals surface area contributed by atoms with E-state index in [1.54, 1.807) is 52.2 Å². The Morgan fingerprint density at radius 2 is 1.26 bits per heavy atom. The molecule has 0 spiro atoms. The fourth-order valence-electron chi connectivity index (χ4n) is 7.88. The topological polar surface area (TPSA) is 171 Å². The van der Waals surface area contributed by atoms with Crippen molar-refractivity contribution in [2.45, 2.75) is 38.5 Å². The summed E-state index contributed by atoms with van der Waals surface area (Å²) in [6.07, 6.45) is 15.0. The number of carboxylic acid groups (broad SMARTS) is 1. The lowest BCUT2D eigenvalue weighted by atomic mass is 9.87. The van der Waals surface area contributed by atoms with E-state index in [0.29, 0.717) is 12.8 Å². The van der Waals surface area contributed by atoms with Crippen LogP contribution in [-0.4, -0.2) is 100 Å². The Bertz CT molecular complexity index is 2810. The minimum atomic E-state index is -0.716. The minimum Gasteiger partial charge on any atom is -0.481 e. The molecule has 0 saturated heterocycles. The molecule has 0 bridgehead atoms. The van der Waals surface area contributed by atoms with Crippen molar-refractivity contribution in [2.75, 3.05) is 44.9 Å². The maximum atomic E-state index is 13.0. The SMILES string of the molecule is CN(C)CCN(C)C(=O)[C@H]1CCc2c(sc3ncnc(Nc4ccn5nccc5c4)c23)C1.O=C(O)[C@H]1CCc2c(sc3ncnc(Nc4ccn5nccc5c4)c23)C1. The molecule has 296 valence electrons. The number of aliphatic carboxylic acids is 1. The zero-order valence-corrected chi connectivity index (χ0v) is 33.9. The zero-order chi connectivity index (χ0) is 39.9. The Kier molecular flexibility index (Phi) is 10.2. The van der Waals surface area contributed by atoms with E-state index >= 15 is 0 Å². The second-order valence-electron chi connectivity index (χ2n) is 15.1. The van der Waals surface area contributed by atoms with Gasteiger partial charge in [-0.25, -0.2) is 29.0 Å². The highest BCUT2D eigenvalue weighted by molar-refractivity contribution is 7.19. The molecule has 58 heavy (non-hydrogen) atoms. The van der Waals surface area contributed by atoms with E-state index in [0.717, 1.165) is 98.1 Å². The van der Waals surface area contributed by atoms with Gasteiger partial charge in [-0.15, -0.1) is 22.7 Å². The smallest absolute Gasteiger partial charge is 0.306 e. The number of amides is 1. The lowest BCUT2D eigenvalue weighted by Gasteiger charge is -2.27. The van der Waals surface area contributed by atoms with Crippen LogP contribution in [0.2, 0.25) is 0 Å². The molecule has 1 amide bonds. The van der Waals surface area contributed by atoms with E-state index in [1.165, 1.54) is 16.0 Å². The summed E-state index contributed by atoms with van der Waals surface area (Å²) < 4.78 is 3.64. The van der Waals surface area contributed by atoms with Crippen LogP contribution in [0.4, 0.5) is 23.0 Å². The fraction of sp³-hybridized carbons (Fsp3) is 0.317. The number of carbonyl (C=O) groups is 2. The van der Waals surface area contributed by atoms with Gasteiger partial charge in [0.05, 0.1) is 27.7 Å². The molecule has 17 heteroatoms. The van der Waals surface area contributed by atoms with Crippen molar-refractivity contribution in [1.82, 2.24) is 49.0 Å². The first-order chi connectivity index (χ1) is 28.2. The summed E-state index contributed by atoms with van der Waals surface area (Å²) >= 11 is 3.28. The molecule has 0 saturated carbocycles. The Labute approximate surface area is 341 Å². The molecule has 10 rings (SSSR count). The third-order valence-electron chi connectivity index (χ3n) is 11.0. The molecule has 2 atom stereocenters. The van der Waals surface area contributed by atoms with Gasteiger partial charge < -0.3 is 25.5 Å². The molecule has 2 aliphatic carbocycles. The van der Waals surface area contributed by atoms with E-state index in [4.69, 9.17) is 0 Å². The van der Waals surface area contributed by atoms with Crippen LogP contribution in [0.1, 0.15) is 33.7 Å².